The summed E-state index contributed by atoms with van der Waals surface area (Å²) in [5.74, 6) is 0.141. The van der Waals surface area contributed by atoms with E-state index in [1.165, 1.54) is 0 Å². The molecule has 0 aromatic carbocycles. The monoisotopic (exact) mass is 250 g/mol. The van der Waals surface area contributed by atoms with Gasteiger partial charge in [-0.15, -0.1) is 0 Å². The van der Waals surface area contributed by atoms with Crippen molar-refractivity contribution >= 4 is 5.91 Å². The van der Waals surface area contributed by atoms with Crippen molar-refractivity contribution in [2.75, 3.05) is 13.1 Å². The number of nitrogens with one attached hydrogen (secondary N) is 2. The molecule has 1 aliphatic rings. The molecule has 1 unspecified atom stereocenters. The van der Waals surface area contributed by atoms with E-state index >= 15 is 0 Å². The molecule has 0 spiro atoms. The molecule has 5 heteroatoms. The molecule has 1 saturated heterocycles. The average Bonchev–Trinajstić information content (AvgIpc) is 3.00. The van der Waals surface area contributed by atoms with Gasteiger partial charge in [0.25, 0.3) is 0 Å². The molecule has 1 amide bonds. The van der Waals surface area contributed by atoms with E-state index in [2.05, 4.69) is 20.2 Å². The topological polar surface area (TPSA) is 59.0 Å². The third kappa shape index (κ3) is 3.32. The summed E-state index contributed by atoms with van der Waals surface area (Å²) >= 11 is 0. The highest BCUT2D eigenvalue weighted by atomic mass is 16.2. The van der Waals surface area contributed by atoms with Crippen molar-refractivity contribution in [3.05, 3.63) is 18.7 Å². The van der Waals surface area contributed by atoms with Crippen LogP contribution < -0.4 is 10.6 Å². The number of nitrogens with zero attached hydrogens (tertiary/aromatic N) is 2. The van der Waals surface area contributed by atoms with Crippen LogP contribution in [0.4, 0.5) is 0 Å². The number of rotatable bonds is 6. The lowest BCUT2D eigenvalue weighted by molar-refractivity contribution is -0.126. The molecule has 1 aromatic heterocycles. The molecule has 2 N–H and O–H groups in total. The maximum Gasteiger partial charge on any atom is 0.240 e. The lowest BCUT2D eigenvalue weighted by Gasteiger charge is -2.23. The molecule has 100 valence electrons. The summed E-state index contributed by atoms with van der Waals surface area (Å²) in [5, 5.41) is 6.29. The SMILES string of the molecule is CC1(C(=O)NCCCCn2ccnc2)CCCN1. The molecular formula is C13H22N4O. The summed E-state index contributed by atoms with van der Waals surface area (Å²) in [7, 11) is 0. The number of imidazole rings is 1. The standard InChI is InChI=1S/C13H22N4O/c1-13(5-4-7-16-13)12(18)15-6-2-3-9-17-10-8-14-11-17/h8,10-11,16H,2-7,9H2,1H3,(H,15,18). The van der Waals surface area contributed by atoms with Gasteiger partial charge in [-0.05, 0) is 39.2 Å². The molecule has 1 aromatic rings. The van der Waals surface area contributed by atoms with Crippen LogP contribution in [-0.4, -0.2) is 34.1 Å². The van der Waals surface area contributed by atoms with Crippen LogP contribution in [0.25, 0.3) is 0 Å². The van der Waals surface area contributed by atoms with E-state index in [9.17, 15) is 4.79 Å². The van der Waals surface area contributed by atoms with Gasteiger partial charge in [0, 0.05) is 25.5 Å². The van der Waals surface area contributed by atoms with Crippen molar-refractivity contribution in [2.45, 2.75) is 44.7 Å². The van der Waals surface area contributed by atoms with Gasteiger partial charge in [-0.25, -0.2) is 4.98 Å². The van der Waals surface area contributed by atoms with Crippen molar-refractivity contribution in [1.29, 1.82) is 0 Å². The Hall–Kier alpha value is -1.36. The highest BCUT2D eigenvalue weighted by Crippen LogP contribution is 2.18. The van der Waals surface area contributed by atoms with Gasteiger partial charge in [-0.3, -0.25) is 4.79 Å². The number of hydrogen-bond donors (Lipinski definition) is 2. The van der Waals surface area contributed by atoms with Crippen molar-refractivity contribution in [3.8, 4) is 0 Å². The van der Waals surface area contributed by atoms with E-state index in [1.54, 1.807) is 6.20 Å². The first-order valence-electron chi connectivity index (χ1n) is 6.70. The summed E-state index contributed by atoms with van der Waals surface area (Å²) in [6, 6.07) is 0. The van der Waals surface area contributed by atoms with Crippen LogP contribution in [0.15, 0.2) is 18.7 Å². The van der Waals surface area contributed by atoms with Gasteiger partial charge in [0.15, 0.2) is 0 Å². The molecule has 0 aliphatic carbocycles. The Kier molecular flexibility index (Phi) is 4.36. The second kappa shape index (κ2) is 6.00. The van der Waals surface area contributed by atoms with Gasteiger partial charge in [-0.2, -0.15) is 0 Å². The number of hydrogen-bond acceptors (Lipinski definition) is 3. The fraction of sp³-hybridized carbons (Fsp3) is 0.692. The van der Waals surface area contributed by atoms with Crippen molar-refractivity contribution < 1.29 is 4.79 Å². The van der Waals surface area contributed by atoms with Crippen molar-refractivity contribution in [3.63, 3.8) is 0 Å². The number of aromatic nitrogens is 2. The van der Waals surface area contributed by atoms with E-state index in [4.69, 9.17) is 0 Å². The Labute approximate surface area is 108 Å². The third-order valence-electron chi connectivity index (χ3n) is 3.56. The second-order valence-corrected chi connectivity index (χ2v) is 5.13. The van der Waals surface area contributed by atoms with Gasteiger partial charge in [0.05, 0.1) is 11.9 Å². The van der Waals surface area contributed by atoms with Crippen LogP contribution in [0.2, 0.25) is 0 Å². The molecule has 5 nitrogen and oxygen atoms in total. The fourth-order valence-electron chi connectivity index (χ4n) is 2.32. The Morgan fingerprint density at radius 1 is 1.56 bits per heavy atom. The van der Waals surface area contributed by atoms with Gasteiger partial charge >= 0.3 is 0 Å². The minimum absolute atomic E-state index is 0.141. The molecule has 0 bridgehead atoms. The second-order valence-electron chi connectivity index (χ2n) is 5.13. The fourth-order valence-corrected chi connectivity index (χ4v) is 2.32. The molecule has 0 saturated carbocycles. The van der Waals surface area contributed by atoms with Crippen LogP contribution >= 0.6 is 0 Å². The minimum atomic E-state index is -0.343. The maximum absolute atomic E-state index is 12.0. The Morgan fingerprint density at radius 3 is 3.11 bits per heavy atom. The Bertz CT molecular complexity index is 368. The molecule has 2 rings (SSSR count). The van der Waals surface area contributed by atoms with Crippen molar-refractivity contribution in [1.82, 2.24) is 20.2 Å². The molecular weight excluding hydrogens is 228 g/mol. The van der Waals surface area contributed by atoms with Crippen LogP contribution in [0.1, 0.15) is 32.6 Å². The zero-order chi connectivity index (χ0) is 12.8. The first-order valence-corrected chi connectivity index (χ1v) is 6.70. The van der Waals surface area contributed by atoms with E-state index in [0.29, 0.717) is 0 Å². The van der Waals surface area contributed by atoms with Gasteiger partial charge in [-0.1, -0.05) is 0 Å². The molecule has 1 aliphatic heterocycles. The van der Waals surface area contributed by atoms with Crippen LogP contribution in [0.5, 0.6) is 0 Å². The number of carbonyl (C=O) groups excluding carboxylic acids is 1. The zero-order valence-corrected chi connectivity index (χ0v) is 11.0. The van der Waals surface area contributed by atoms with E-state index in [1.807, 2.05) is 19.4 Å². The smallest absolute Gasteiger partial charge is 0.240 e. The molecule has 2 heterocycles. The molecule has 1 fully saturated rings. The lowest BCUT2D eigenvalue weighted by atomic mass is 9.99. The number of amides is 1. The minimum Gasteiger partial charge on any atom is -0.355 e. The van der Waals surface area contributed by atoms with Crippen molar-refractivity contribution in [2.24, 2.45) is 0 Å². The normalized spacial score (nSPS) is 23.2. The quantitative estimate of drug-likeness (QED) is 0.738. The number of aryl methyl sites for hydroxylation is 1. The summed E-state index contributed by atoms with van der Waals surface area (Å²) in [6.45, 7) is 4.65. The van der Waals surface area contributed by atoms with Gasteiger partial charge in [0.1, 0.15) is 0 Å². The Balaban J connectivity index is 1.59. The first-order chi connectivity index (χ1) is 8.71. The lowest BCUT2D eigenvalue weighted by Crippen LogP contribution is -2.51. The molecule has 0 radical (unpaired) electrons. The number of carbonyl (C=O) groups is 1. The van der Waals surface area contributed by atoms with E-state index in [-0.39, 0.29) is 11.4 Å². The van der Waals surface area contributed by atoms with Gasteiger partial charge in [0.2, 0.25) is 5.91 Å². The first kappa shape index (κ1) is 13.1. The maximum atomic E-state index is 12.0. The largest absolute Gasteiger partial charge is 0.355 e. The Morgan fingerprint density at radius 2 is 2.44 bits per heavy atom. The summed E-state index contributed by atoms with van der Waals surface area (Å²) in [6.07, 6.45) is 9.65. The van der Waals surface area contributed by atoms with Crippen LogP contribution in [0, 0.1) is 0 Å². The summed E-state index contributed by atoms with van der Waals surface area (Å²) in [4.78, 5) is 16.0. The summed E-state index contributed by atoms with van der Waals surface area (Å²) in [5.41, 5.74) is -0.343. The zero-order valence-electron chi connectivity index (χ0n) is 11.0. The predicted molar refractivity (Wildman–Crippen MR) is 70.1 cm³/mol. The predicted octanol–water partition coefficient (Wildman–Crippen LogP) is 0.922. The van der Waals surface area contributed by atoms with Crippen LogP contribution in [-0.2, 0) is 11.3 Å². The average molecular weight is 250 g/mol. The van der Waals surface area contributed by atoms with E-state index in [0.717, 1.165) is 45.3 Å². The summed E-state index contributed by atoms with van der Waals surface area (Å²) < 4.78 is 2.06. The third-order valence-corrected chi connectivity index (χ3v) is 3.56. The van der Waals surface area contributed by atoms with Gasteiger partial charge < -0.3 is 15.2 Å². The number of unbranched alkanes of at least 4 members (excludes halogenated alkanes) is 1. The molecule has 18 heavy (non-hydrogen) atoms. The van der Waals surface area contributed by atoms with E-state index < -0.39 is 0 Å². The molecule has 1 atom stereocenters. The highest BCUT2D eigenvalue weighted by molar-refractivity contribution is 5.86. The highest BCUT2D eigenvalue weighted by Gasteiger charge is 2.35. The van der Waals surface area contributed by atoms with Crippen LogP contribution in [0.3, 0.4) is 0 Å².